The molecule has 0 radical (unpaired) electrons. The maximum atomic E-state index is 12.6. The van der Waals surface area contributed by atoms with Crippen molar-refractivity contribution in [3.8, 4) is 11.5 Å². The fraction of sp³-hybridized carbons (Fsp3) is 0.261. The monoisotopic (exact) mass is 469 g/mol. The highest BCUT2D eigenvalue weighted by molar-refractivity contribution is 5.98. The van der Waals surface area contributed by atoms with Crippen LogP contribution in [0.3, 0.4) is 0 Å². The molecule has 178 valence electrons. The first kappa shape index (κ1) is 24.2. The number of nitro groups is 1. The van der Waals surface area contributed by atoms with Gasteiger partial charge in [-0.15, -0.1) is 0 Å². The lowest BCUT2D eigenvalue weighted by molar-refractivity contribution is -0.384. The molecule has 0 aliphatic rings. The first-order valence-corrected chi connectivity index (χ1v) is 10.2. The Morgan fingerprint density at radius 1 is 1.21 bits per heavy atom. The van der Waals surface area contributed by atoms with Crippen molar-refractivity contribution in [2.45, 2.75) is 33.5 Å². The number of hydrogen-bond acceptors (Lipinski definition) is 9. The van der Waals surface area contributed by atoms with Crippen LogP contribution in [0.15, 0.2) is 47.0 Å². The zero-order chi connectivity index (χ0) is 24.8. The maximum Gasteiger partial charge on any atom is 0.339 e. The molecule has 3 rings (SSSR count). The number of aromatic nitrogens is 1. The molecule has 1 unspecified atom stereocenters. The number of nitrogens with one attached hydrogen (secondary N) is 1. The first-order valence-electron chi connectivity index (χ1n) is 10.2. The summed E-state index contributed by atoms with van der Waals surface area (Å²) in [5.41, 5.74) is 1.57. The van der Waals surface area contributed by atoms with Crippen LogP contribution < -0.4 is 14.8 Å². The van der Waals surface area contributed by atoms with Crippen LogP contribution in [0, 0.1) is 24.0 Å². The summed E-state index contributed by atoms with van der Waals surface area (Å²) >= 11 is 0. The number of methoxy groups -OCH3 is 1. The van der Waals surface area contributed by atoms with Gasteiger partial charge in [0, 0.05) is 12.1 Å². The van der Waals surface area contributed by atoms with Gasteiger partial charge in [0.05, 0.1) is 34.5 Å². The van der Waals surface area contributed by atoms with Crippen molar-refractivity contribution in [1.82, 2.24) is 5.16 Å². The highest BCUT2D eigenvalue weighted by Crippen LogP contribution is 2.29. The second-order valence-electron chi connectivity index (χ2n) is 7.30. The molecule has 1 amide bonds. The van der Waals surface area contributed by atoms with Crippen LogP contribution in [0.5, 0.6) is 11.5 Å². The van der Waals surface area contributed by atoms with Gasteiger partial charge < -0.3 is 24.1 Å². The number of ether oxygens (including phenoxy) is 3. The lowest BCUT2D eigenvalue weighted by Gasteiger charge is -2.15. The average molecular weight is 469 g/mol. The molecule has 11 nitrogen and oxygen atoms in total. The van der Waals surface area contributed by atoms with E-state index >= 15 is 0 Å². The van der Waals surface area contributed by atoms with Crippen molar-refractivity contribution < 1.29 is 33.2 Å². The third-order valence-corrected chi connectivity index (χ3v) is 4.94. The summed E-state index contributed by atoms with van der Waals surface area (Å²) in [4.78, 5) is 35.5. The lowest BCUT2D eigenvalue weighted by atomic mass is 10.2. The Bertz CT molecular complexity index is 1200. The minimum absolute atomic E-state index is 0.0827. The number of carbonyl (C=O) groups is 2. The Balaban J connectivity index is 1.64. The smallest absolute Gasteiger partial charge is 0.339 e. The molecule has 0 aliphatic heterocycles. The lowest BCUT2D eigenvalue weighted by Crippen LogP contribution is -2.30. The Labute approximate surface area is 194 Å². The first-order chi connectivity index (χ1) is 16.2. The van der Waals surface area contributed by atoms with Crippen LogP contribution in [-0.4, -0.2) is 35.2 Å². The number of anilines is 1. The van der Waals surface area contributed by atoms with Gasteiger partial charge in [-0.2, -0.15) is 0 Å². The van der Waals surface area contributed by atoms with Crippen LogP contribution in [0.2, 0.25) is 0 Å². The van der Waals surface area contributed by atoms with Crippen LogP contribution in [-0.2, 0) is 16.1 Å². The van der Waals surface area contributed by atoms with E-state index in [2.05, 4.69) is 10.5 Å². The quantitative estimate of drug-likeness (QED) is 0.280. The summed E-state index contributed by atoms with van der Waals surface area (Å²) < 4.78 is 21.2. The predicted molar refractivity (Wildman–Crippen MR) is 120 cm³/mol. The fourth-order valence-corrected chi connectivity index (χ4v) is 3.00. The summed E-state index contributed by atoms with van der Waals surface area (Å²) in [7, 11) is 1.36. The summed E-state index contributed by atoms with van der Waals surface area (Å²) in [6, 6.07) is 10.1. The SMILES string of the molecule is COc1ccc([N+](=O)[O-])cc1NC(=O)C(C)OC(=O)c1cccc(OCc2c(C)noc2C)c1. The second kappa shape index (κ2) is 10.5. The largest absolute Gasteiger partial charge is 0.495 e. The van der Waals surface area contributed by atoms with Crippen LogP contribution >= 0.6 is 0 Å². The number of nitrogens with zero attached hydrogens (tertiary/aromatic N) is 2. The van der Waals surface area contributed by atoms with Gasteiger partial charge in [-0.1, -0.05) is 11.2 Å². The third-order valence-electron chi connectivity index (χ3n) is 4.94. The average Bonchev–Trinajstić information content (AvgIpc) is 3.14. The van der Waals surface area contributed by atoms with E-state index in [1.165, 1.54) is 38.3 Å². The Morgan fingerprint density at radius 2 is 1.97 bits per heavy atom. The summed E-state index contributed by atoms with van der Waals surface area (Å²) in [6.07, 6.45) is -1.19. The fourth-order valence-electron chi connectivity index (χ4n) is 3.00. The van der Waals surface area contributed by atoms with Gasteiger partial charge in [0.1, 0.15) is 23.9 Å². The predicted octanol–water partition coefficient (Wildman–Crippen LogP) is 3.97. The standard InChI is InChI=1S/C23H23N3O8/c1-13-19(14(2)34-25-13)12-32-18-7-5-6-16(10-18)23(28)33-15(3)22(27)24-20-11-17(26(29)30)8-9-21(20)31-4/h5-11,15H,12H2,1-4H3,(H,24,27). The van der Waals surface area contributed by atoms with E-state index in [9.17, 15) is 19.7 Å². The number of aryl methyl sites for hydroxylation is 2. The van der Waals surface area contributed by atoms with Crippen LogP contribution in [0.4, 0.5) is 11.4 Å². The van der Waals surface area contributed by atoms with Crippen molar-refractivity contribution >= 4 is 23.3 Å². The molecule has 0 aliphatic carbocycles. The van der Waals surface area contributed by atoms with E-state index < -0.39 is 22.9 Å². The number of amides is 1. The molecule has 0 bridgehead atoms. The highest BCUT2D eigenvalue weighted by atomic mass is 16.6. The number of benzene rings is 2. The Kier molecular flexibility index (Phi) is 7.46. The maximum absolute atomic E-state index is 12.6. The number of esters is 1. The molecule has 0 saturated heterocycles. The summed E-state index contributed by atoms with van der Waals surface area (Å²) in [5, 5.41) is 17.4. The number of rotatable bonds is 9. The van der Waals surface area contributed by atoms with E-state index in [0.29, 0.717) is 17.2 Å². The van der Waals surface area contributed by atoms with Gasteiger partial charge in [-0.3, -0.25) is 14.9 Å². The molecule has 34 heavy (non-hydrogen) atoms. The molecule has 1 heterocycles. The molecular weight excluding hydrogens is 446 g/mol. The molecule has 1 N–H and O–H groups in total. The topological polar surface area (TPSA) is 143 Å². The molecule has 0 spiro atoms. The highest BCUT2D eigenvalue weighted by Gasteiger charge is 2.22. The van der Waals surface area contributed by atoms with E-state index in [1.807, 2.05) is 0 Å². The van der Waals surface area contributed by atoms with Crippen molar-refractivity contribution in [3.05, 3.63) is 75.2 Å². The second-order valence-corrected chi connectivity index (χ2v) is 7.30. The number of carbonyl (C=O) groups excluding carboxylic acids is 2. The molecule has 11 heteroatoms. The van der Waals surface area contributed by atoms with Gasteiger partial charge >= 0.3 is 5.97 Å². The van der Waals surface area contributed by atoms with E-state index in [-0.39, 0.29) is 29.3 Å². The normalized spacial score (nSPS) is 11.4. The zero-order valence-corrected chi connectivity index (χ0v) is 19.0. The minimum Gasteiger partial charge on any atom is -0.495 e. The van der Waals surface area contributed by atoms with Crippen LogP contribution in [0.1, 0.15) is 34.3 Å². The van der Waals surface area contributed by atoms with Crippen molar-refractivity contribution in [1.29, 1.82) is 0 Å². The zero-order valence-electron chi connectivity index (χ0n) is 19.0. The van der Waals surface area contributed by atoms with Gasteiger partial charge in [-0.25, -0.2) is 4.79 Å². The van der Waals surface area contributed by atoms with E-state index in [4.69, 9.17) is 18.7 Å². The van der Waals surface area contributed by atoms with E-state index in [1.54, 1.807) is 26.0 Å². The minimum atomic E-state index is -1.19. The Hall–Kier alpha value is -4.41. The molecule has 2 aromatic carbocycles. The number of non-ortho nitro benzene ring substituents is 1. The Morgan fingerprint density at radius 3 is 2.62 bits per heavy atom. The van der Waals surface area contributed by atoms with Gasteiger partial charge in [0.25, 0.3) is 11.6 Å². The number of hydrogen-bond donors (Lipinski definition) is 1. The van der Waals surface area contributed by atoms with Crippen molar-refractivity contribution in [2.75, 3.05) is 12.4 Å². The third kappa shape index (κ3) is 5.68. The van der Waals surface area contributed by atoms with Gasteiger partial charge in [-0.05, 0) is 45.0 Å². The molecule has 3 aromatic rings. The molecule has 0 saturated carbocycles. The van der Waals surface area contributed by atoms with Crippen molar-refractivity contribution in [2.24, 2.45) is 0 Å². The van der Waals surface area contributed by atoms with Gasteiger partial charge in [0.15, 0.2) is 6.10 Å². The molecular formula is C23H23N3O8. The van der Waals surface area contributed by atoms with Gasteiger partial charge in [0.2, 0.25) is 0 Å². The van der Waals surface area contributed by atoms with E-state index in [0.717, 1.165) is 11.6 Å². The molecule has 1 atom stereocenters. The molecule has 0 fully saturated rings. The number of nitro benzene ring substituents is 1. The summed E-state index contributed by atoms with van der Waals surface area (Å²) in [5.74, 6) is -0.129. The van der Waals surface area contributed by atoms with Crippen molar-refractivity contribution in [3.63, 3.8) is 0 Å². The molecule has 1 aromatic heterocycles. The van der Waals surface area contributed by atoms with Crippen LogP contribution in [0.25, 0.3) is 0 Å². The summed E-state index contributed by atoms with van der Waals surface area (Å²) in [6.45, 7) is 5.18.